The van der Waals surface area contributed by atoms with E-state index < -0.39 is 18.2 Å². The van der Waals surface area contributed by atoms with Crippen molar-refractivity contribution in [3.05, 3.63) is 59.2 Å². The molecule has 1 N–H and O–H groups in total. The number of nitrogens with one attached hydrogen (secondary N) is 1. The molecule has 0 unspecified atom stereocenters. The smallest absolute Gasteiger partial charge is 0.347 e. The number of ether oxygens (including phenoxy) is 2. The van der Waals surface area contributed by atoms with Gasteiger partial charge in [0.05, 0.1) is 0 Å². The second-order valence-corrected chi connectivity index (χ2v) is 6.46. The van der Waals surface area contributed by atoms with Gasteiger partial charge in [0.15, 0.2) is 12.2 Å². The molecule has 2 aromatic rings. The lowest BCUT2D eigenvalue weighted by Gasteiger charge is -2.18. The van der Waals surface area contributed by atoms with Crippen molar-refractivity contribution >= 4 is 17.6 Å². The summed E-state index contributed by atoms with van der Waals surface area (Å²) < 4.78 is 10.8. The highest BCUT2D eigenvalue weighted by molar-refractivity contribution is 5.95. The van der Waals surface area contributed by atoms with Crippen LogP contribution in [0.15, 0.2) is 42.5 Å². The molecule has 26 heavy (non-hydrogen) atoms. The van der Waals surface area contributed by atoms with E-state index in [0.717, 1.165) is 16.7 Å². The van der Waals surface area contributed by atoms with E-state index in [2.05, 4.69) is 5.32 Å². The largest absolute Gasteiger partial charge is 0.479 e. The van der Waals surface area contributed by atoms with Gasteiger partial charge in [0, 0.05) is 5.69 Å². The van der Waals surface area contributed by atoms with Crippen molar-refractivity contribution in [1.29, 1.82) is 0 Å². The zero-order valence-electron chi connectivity index (χ0n) is 15.8. The van der Waals surface area contributed by atoms with Crippen molar-refractivity contribution in [3.63, 3.8) is 0 Å². The molecule has 0 saturated heterocycles. The predicted molar refractivity (Wildman–Crippen MR) is 101 cm³/mol. The lowest BCUT2D eigenvalue weighted by molar-refractivity contribution is -0.159. The van der Waals surface area contributed by atoms with E-state index in [4.69, 9.17) is 9.47 Å². The minimum Gasteiger partial charge on any atom is -0.479 e. The zero-order chi connectivity index (χ0) is 19.3. The first-order chi connectivity index (χ1) is 12.3. The lowest BCUT2D eigenvalue weighted by atomic mass is 10.1. The van der Waals surface area contributed by atoms with E-state index in [1.807, 2.05) is 57.2 Å². The summed E-state index contributed by atoms with van der Waals surface area (Å²) in [4.78, 5) is 24.5. The average molecular weight is 355 g/mol. The SMILES string of the molecule is Cc1cccc(O[C@H](C)C(=O)O[C@@H](C)C(=O)Nc2ccc(C)cc2C)c1. The van der Waals surface area contributed by atoms with Gasteiger partial charge in [0.25, 0.3) is 5.91 Å². The molecule has 0 spiro atoms. The number of carbonyl (C=O) groups excluding carboxylic acids is 2. The maximum atomic E-state index is 12.3. The second-order valence-electron chi connectivity index (χ2n) is 6.46. The molecule has 0 fully saturated rings. The first-order valence-electron chi connectivity index (χ1n) is 8.58. The minimum absolute atomic E-state index is 0.381. The minimum atomic E-state index is -0.924. The summed E-state index contributed by atoms with van der Waals surface area (Å²) in [6, 6.07) is 13.1. The van der Waals surface area contributed by atoms with Crippen molar-refractivity contribution < 1.29 is 19.1 Å². The Morgan fingerprint density at radius 2 is 1.62 bits per heavy atom. The van der Waals surface area contributed by atoms with E-state index in [9.17, 15) is 9.59 Å². The van der Waals surface area contributed by atoms with E-state index in [-0.39, 0.29) is 5.91 Å². The standard InChI is InChI=1S/C21H25NO4/c1-13-7-6-8-18(12-13)25-17(5)21(24)26-16(4)20(23)22-19-10-9-14(2)11-15(19)3/h6-12,16-17H,1-5H3,(H,22,23)/t16-,17+/m0/s1. The van der Waals surface area contributed by atoms with Crippen LogP contribution in [-0.2, 0) is 14.3 Å². The molecule has 0 aliphatic heterocycles. The predicted octanol–water partition coefficient (Wildman–Crippen LogP) is 3.95. The number of hydrogen-bond donors (Lipinski definition) is 1. The quantitative estimate of drug-likeness (QED) is 0.797. The highest BCUT2D eigenvalue weighted by Gasteiger charge is 2.23. The van der Waals surface area contributed by atoms with Gasteiger partial charge in [-0.2, -0.15) is 0 Å². The average Bonchev–Trinajstić information content (AvgIpc) is 2.57. The molecular formula is C21H25NO4. The molecule has 0 saturated carbocycles. The van der Waals surface area contributed by atoms with Crippen molar-refractivity contribution in [2.75, 3.05) is 5.32 Å². The van der Waals surface area contributed by atoms with Crippen LogP contribution in [0.5, 0.6) is 5.75 Å². The molecule has 0 heterocycles. The first kappa shape index (κ1) is 19.5. The number of esters is 1. The molecule has 5 nitrogen and oxygen atoms in total. The van der Waals surface area contributed by atoms with Gasteiger partial charge in [-0.15, -0.1) is 0 Å². The van der Waals surface area contributed by atoms with Crippen LogP contribution in [-0.4, -0.2) is 24.1 Å². The fraction of sp³-hybridized carbons (Fsp3) is 0.333. The van der Waals surface area contributed by atoms with Crippen LogP contribution in [0, 0.1) is 20.8 Å². The Balaban J connectivity index is 1.91. The number of carbonyl (C=O) groups is 2. The Bertz CT molecular complexity index is 800. The summed E-state index contributed by atoms with van der Waals surface area (Å²) in [5.41, 5.74) is 3.80. The number of benzene rings is 2. The van der Waals surface area contributed by atoms with E-state index in [1.54, 1.807) is 13.0 Å². The van der Waals surface area contributed by atoms with Crippen molar-refractivity contribution in [3.8, 4) is 5.75 Å². The van der Waals surface area contributed by atoms with Gasteiger partial charge in [0.2, 0.25) is 0 Å². The molecule has 138 valence electrons. The highest BCUT2D eigenvalue weighted by Crippen LogP contribution is 2.17. The van der Waals surface area contributed by atoms with Crippen LogP contribution in [0.4, 0.5) is 5.69 Å². The van der Waals surface area contributed by atoms with Crippen LogP contribution in [0.25, 0.3) is 0 Å². The molecule has 0 aromatic heterocycles. The fourth-order valence-electron chi connectivity index (χ4n) is 2.45. The van der Waals surface area contributed by atoms with Gasteiger partial charge in [-0.05, 0) is 63.9 Å². The van der Waals surface area contributed by atoms with Crippen molar-refractivity contribution in [2.24, 2.45) is 0 Å². The first-order valence-corrected chi connectivity index (χ1v) is 8.58. The molecule has 2 atom stereocenters. The van der Waals surface area contributed by atoms with Gasteiger partial charge in [-0.3, -0.25) is 4.79 Å². The van der Waals surface area contributed by atoms with Crippen LogP contribution in [0.1, 0.15) is 30.5 Å². The van der Waals surface area contributed by atoms with Crippen LogP contribution < -0.4 is 10.1 Å². The number of amides is 1. The van der Waals surface area contributed by atoms with Gasteiger partial charge in [0.1, 0.15) is 5.75 Å². The Hall–Kier alpha value is -2.82. The third-order valence-corrected chi connectivity index (χ3v) is 3.94. The molecular weight excluding hydrogens is 330 g/mol. The van der Waals surface area contributed by atoms with Crippen molar-refractivity contribution in [2.45, 2.75) is 46.8 Å². The van der Waals surface area contributed by atoms with E-state index >= 15 is 0 Å². The summed E-state index contributed by atoms with van der Waals surface area (Å²) >= 11 is 0. The van der Waals surface area contributed by atoms with Crippen molar-refractivity contribution in [1.82, 2.24) is 0 Å². The van der Waals surface area contributed by atoms with Crippen LogP contribution >= 0.6 is 0 Å². The van der Waals surface area contributed by atoms with Gasteiger partial charge < -0.3 is 14.8 Å². The third kappa shape index (κ3) is 5.34. The fourth-order valence-corrected chi connectivity index (χ4v) is 2.45. The lowest BCUT2D eigenvalue weighted by Crippen LogP contribution is -2.35. The third-order valence-electron chi connectivity index (χ3n) is 3.94. The van der Waals surface area contributed by atoms with Gasteiger partial charge in [-0.25, -0.2) is 4.79 Å². The zero-order valence-corrected chi connectivity index (χ0v) is 15.8. The molecule has 2 aromatic carbocycles. The maximum absolute atomic E-state index is 12.3. The molecule has 1 amide bonds. The summed E-state index contributed by atoms with van der Waals surface area (Å²) in [5.74, 6) is -0.385. The Labute approximate surface area is 154 Å². The number of aryl methyl sites for hydroxylation is 3. The molecule has 0 bridgehead atoms. The molecule has 5 heteroatoms. The Morgan fingerprint density at radius 3 is 2.27 bits per heavy atom. The summed E-state index contributed by atoms with van der Waals surface area (Å²) in [5, 5.41) is 2.78. The molecule has 2 rings (SSSR count). The molecule has 0 radical (unpaired) electrons. The maximum Gasteiger partial charge on any atom is 0.347 e. The second kappa shape index (κ2) is 8.52. The Morgan fingerprint density at radius 1 is 0.923 bits per heavy atom. The molecule has 0 aliphatic carbocycles. The highest BCUT2D eigenvalue weighted by atomic mass is 16.6. The van der Waals surface area contributed by atoms with E-state index in [1.165, 1.54) is 6.92 Å². The monoisotopic (exact) mass is 355 g/mol. The summed E-state index contributed by atoms with van der Waals surface area (Å²) in [6.07, 6.45) is -1.74. The number of hydrogen-bond acceptors (Lipinski definition) is 4. The Kier molecular flexibility index (Phi) is 6.39. The van der Waals surface area contributed by atoms with Gasteiger partial charge >= 0.3 is 5.97 Å². The van der Waals surface area contributed by atoms with Crippen LogP contribution in [0.3, 0.4) is 0 Å². The van der Waals surface area contributed by atoms with Crippen LogP contribution in [0.2, 0.25) is 0 Å². The van der Waals surface area contributed by atoms with E-state index in [0.29, 0.717) is 11.4 Å². The van der Waals surface area contributed by atoms with Gasteiger partial charge in [-0.1, -0.05) is 29.8 Å². The molecule has 0 aliphatic rings. The summed E-state index contributed by atoms with van der Waals surface area (Å²) in [6.45, 7) is 8.97. The number of rotatable bonds is 6. The number of anilines is 1. The normalized spacial score (nSPS) is 12.8. The summed E-state index contributed by atoms with van der Waals surface area (Å²) in [7, 11) is 0. The topological polar surface area (TPSA) is 64.6 Å².